The summed E-state index contributed by atoms with van der Waals surface area (Å²) in [4.78, 5) is 4.39. The van der Waals surface area contributed by atoms with Gasteiger partial charge in [0.1, 0.15) is 12.4 Å². The second kappa shape index (κ2) is 5.97. The van der Waals surface area contributed by atoms with Gasteiger partial charge in [0.2, 0.25) is 0 Å². The first-order chi connectivity index (χ1) is 10.2. The molecule has 0 aliphatic rings. The Morgan fingerprint density at radius 1 is 1.10 bits per heavy atom. The van der Waals surface area contributed by atoms with Gasteiger partial charge in [-0.15, -0.1) is 0 Å². The largest absolute Gasteiger partial charge is 0.388 e. The van der Waals surface area contributed by atoms with Crippen LogP contribution in [0.3, 0.4) is 0 Å². The lowest BCUT2D eigenvalue weighted by Crippen LogP contribution is -2.11. The monoisotopic (exact) mass is 346 g/mol. The topological polar surface area (TPSA) is 58.3 Å². The van der Waals surface area contributed by atoms with Crippen LogP contribution in [0, 0.1) is 0 Å². The van der Waals surface area contributed by atoms with Crippen molar-refractivity contribution in [1.82, 2.24) is 9.55 Å². The molecule has 1 unspecified atom stereocenters. The summed E-state index contributed by atoms with van der Waals surface area (Å²) < 4.78 is 2.84. The number of hydrogen-bond donors (Lipinski definition) is 2. The Labute approximate surface area is 130 Å². The number of hydrogen-bond acceptors (Lipinski definition) is 3. The predicted molar refractivity (Wildman–Crippen MR) is 84.8 cm³/mol. The first kappa shape index (κ1) is 14.3. The number of fused-ring (bicyclic) bond motifs is 1. The normalized spacial score (nSPS) is 12.7. The van der Waals surface area contributed by atoms with E-state index in [1.807, 2.05) is 53.1 Å². The van der Waals surface area contributed by atoms with E-state index in [9.17, 15) is 10.2 Å². The second-order valence-corrected chi connectivity index (χ2v) is 5.77. The van der Waals surface area contributed by atoms with Gasteiger partial charge < -0.3 is 14.8 Å². The van der Waals surface area contributed by atoms with Crippen LogP contribution in [0.2, 0.25) is 0 Å². The highest BCUT2D eigenvalue weighted by atomic mass is 79.9. The third kappa shape index (κ3) is 2.85. The lowest BCUT2D eigenvalue weighted by atomic mass is 10.1. The maximum absolute atomic E-state index is 10.4. The minimum absolute atomic E-state index is 0.151. The minimum Gasteiger partial charge on any atom is -0.388 e. The molecule has 0 amide bonds. The summed E-state index contributed by atoms with van der Waals surface area (Å²) in [6.45, 7) is 0.208. The van der Waals surface area contributed by atoms with Crippen molar-refractivity contribution in [1.29, 1.82) is 0 Å². The number of aliphatic hydroxyl groups excluding tert-OH is 2. The summed E-state index contributed by atoms with van der Waals surface area (Å²) >= 11 is 3.38. The molecular weight excluding hydrogens is 332 g/mol. The standard InChI is InChI=1S/C16H15BrN2O2/c17-12-7-5-11(6-8-12)15(21)9-19-14-4-2-1-3-13(14)18-16(19)10-20/h1-8,15,20-21H,9-10H2. The van der Waals surface area contributed by atoms with Crippen molar-refractivity contribution in [2.24, 2.45) is 0 Å². The maximum atomic E-state index is 10.4. The van der Waals surface area contributed by atoms with Crippen molar-refractivity contribution in [3.05, 3.63) is 64.4 Å². The van der Waals surface area contributed by atoms with Crippen molar-refractivity contribution in [3.8, 4) is 0 Å². The molecule has 3 rings (SSSR count). The van der Waals surface area contributed by atoms with Crippen molar-refractivity contribution in [2.45, 2.75) is 19.3 Å². The fourth-order valence-electron chi connectivity index (χ4n) is 2.41. The molecule has 0 aliphatic carbocycles. The quantitative estimate of drug-likeness (QED) is 0.763. The van der Waals surface area contributed by atoms with E-state index in [2.05, 4.69) is 20.9 Å². The molecule has 3 aromatic rings. The van der Waals surface area contributed by atoms with E-state index in [0.29, 0.717) is 12.4 Å². The number of halogens is 1. The van der Waals surface area contributed by atoms with Gasteiger partial charge in [0, 0.05) is 4.47 Å². The summed E-state index contributed by atoms with van der Waals surface area (Å²) in [5.74, 6) is 0.562. The Hall–Kier alpha value is -1.69. The number of nitrogens with zero attached hydrogens (tertiary/aromatic N) is 2. The van der Waals surface area contributed by atoms with Crippen molar-refractivity contribution < 1.29 is 10.2 Å². The summed E-state index contributed by atoms with van der Waals surface area (Å²) in [5, 5.41) is 19.9. The number of para-hydroxylation sites is 2. The molecular formula is C16H15BrN2O2. The van der Waals surface area contributed by atoms with Gasteiger partial charge >= 0.3 is 0 Å². The van der Waals surface area contributed by atoms with E-state index in [0.717, 1.165) is 21.1 Å². The van der Waals surface area contributed by atoms with Gasteiger partial charge in [-0.3, -0.25) is 0 Å². The fourth-order valence-corrected chi connectivity index (χ4v) is 2.68. The highest BCUT2D eigenvalue weighted by Gasteiger charge is 2.14. The number of aliphatic hydroxyl groups is 2. The van der Waals surface area contributed by atoms with E-state index in [1.165, 1.54) is 0 Å². The molecule has 2 N–H and O–H groups in total. The van der Waals surface area contributed by atoms with E-state index >= 15 is 0 Å². The number of imidazole rings is 1. The van der Waals surface area contributed by atoms with Gasteiger partial charge in [0.25, 0.3) is 0 Å². The Bertz CT molecular complexity index is 753. The van der Waals surface area contributed by atoms with Crippen LogP contribution in [0.25, 0.3) is 11.0 Å². The number of aromatic nitrogens is 2. The molecule has 0 aliphatic heterocycles. The summed E-state index contributed by atoms with van der Waals surface area (Å²) in [6.07, 6.45) is -0.652. The molecule has 0 fully saturated rings. The van der Waals surface area contributed by atoms with E-state index < -0.39 is 6.10 Å². The van der Waals surface area contributed by atoms with Crippen LogP contribution in [-0.2, 0) is 13.2 Å². The highest BCUT2D eigenvalue weighted by molar-refractivity contribution is 9.10. The Balaban J connectivity index is 1.95. The fraction of sp³-hybridized carbons (Fsp3) is 0.188. The van der Waals surface area contributed by atoms with Gasteiger partial charge in [-0.25, -0.2) is 4.98 Å². The highest BCUT2D eigenvalue weighted by Crippen LogP contribution is 2.22. The molecule has 0 saturated heterocycles. The van der Waals surface area contributed by atoms with Crippen molar-refractivity contribution in [3.63, 3.8) is 0 Å². The van der Waals surface area contributed by atoms with Crippen LogP contribution in [0.15, 0.2) is 53.0 Å². The summed E-state index contributed by atoms with van der Waals surface area (Å²) in [5.41, 5.74) is 2.57. The Morgan fingerprint density at radius 3 is 2.52 bits per heavy atom. The molecule has 0 spiro atoms. The van der Waals surface area contributed by atoms with Crippen LogP contribution >= 0.6 is 15.9 Å². The van der Waals surface area contributed by atoms with Crippen LogP contribution in [-0.4, -0.2) is 19.8 Å². The molecule has 5 heteroatoms. The Kier molecular flexibility index (Phi) is 4.05. The molecule has 1 heterocycles. The number of benzene rings is 2. The molecule has 0 radical (unpaired) electrons. The molecule has 2 aromatic carbocycles. The average Bonchev–Trinajstić information content (AvgIpc) is 2.86. The second-order valence-electron chi connectivity index (χ2n) is 4.85. The van der Waals surface area contributed by atoms with Crippen molar-refractivity contribution in [2.75, 3.05) is 0 Å². The zero-order valence-electron chi connectivity index (χ0n) is 11.3. The van der Waals surface area contributed by atoms with E-state index in [-0.39, 0.29) is 6.61 Å². The van der Waals surface area contributed by atoms with Crippen molar-refractivity contribution >= 4 is 27.0 Å². The lowest BCUT2D eigenvalue weighted by Gasteiger charge is -2.14. The van der Waals surface area contributed by atoms with Crippen LogP contribution in [0.5, 0.6) is 0 Å². The molecule has 108 valence electrons. The average molecular weight is 347 g/mol. The van der Waals surface area contributed by atoms with E-state index in [1.54, 1.807) is 0 Å². The molecule has 1 atom stereocenters. The first-order valence-corrected chi connectivity index (χ1v) is 7.47. The SMILES string of the molecule is OCc1nc2ccccc2n1CC(O)c1ccc(Br)cc1. The number of rotatable bonds is 4. The minimum atomic E-state index is -0.652. The lowest BCUT2D eigenvalue weighted by molar-refractivity contribution is 0.153. The van der Waals surface area contributed by atoms with Gasteiger partial charge in [-0.2, -0.15) is 0 Å². The molecule has 4 nitrogen and oxygen atoms in total. The molecule has 0 saturated carbocycles. The molecule has 0 bridgehead atoms. The van der Waals surface area contributed by atoms with Gasteiger partial charge in [0.05, 0.1) is 23.7 Å². The van der Waals surface area contributed by atoms with E-state index in [4.69, 9.17) is 0 Å². The third-order valence-electron chi connectivity index (χ3n) is 3.49. The van der Waals surface area contributed by atoms with Gasteiger partial charge in [0.15, 0.2) is 0 Å². The first-order valence-electron chi connectivity index (χ1n) is 6.67. The third-order valence-corrected chi connectivity index (χ3v) is 4.01. The Morgan fingerprint density at radius 2 is 1.81 bits per heavy atom. The van der Waals surface area contributed by atoms with Crippen LogP contribution in [0.4, 0.5) is 0 Å². The summed E-state index contributed by atoms with van der Waals surface area (Å²) in [6, 6.07) is 15.2. The van der Waals surface area contributed by atoms with Crippen LogP contribution in [0.1, 0.15) is 17.5 Å². The predicted octanol–water partition coefficient (Wildman–Crippen LogP) is 3.02. The summed E-state index contributed by atoms with van der Waals surface area (Å²) in [7, 11) is 0. The van der Waals surface area contributed by atoms with Crippen LogP contribution < -0.4 is 0 Å². The molecule has 21 heavy (non-hydrogen) atoms. The maximum Gasteiger partial charge on any atom is 0.135 e. The zero-order valence-corrected chi connectivity index (χ0v) is 12.9. The zero-order chi connectivity index (χ0) is 14.8. The smallest absolute Gasteiger partial charge is 0.135 e. The van der Waals surface area contributed by atoms with Gasteiger partial charge in [-0.1, -0.05) is 40.2 Å². The van der Waals surface area contributed by atoms with Gasteiger partial charge in [-0.05, 0) is 29.8 Å². The molecule has 1 aromatic heterocycles.